The predicted octanol–water partition coefficient (Wildman–Crippen LogP) is 5.23. The van der Waals surface area contributed by atoms with Gasteiger partial charge in [0.1, 0.15) is 60.3 Å². The van der Waals surface area contributed by atoms with Crippen molar-refractivity contribution in [2.45, 2.75) is 25.8 Å². The monoisotopic (exact) mass is 1060 g/mol. The van der Waals surface area contributed by atoms with Crippen LogP contribution >= 0.6 is 23.2 Å². The van der Waals surface area contributed by atoms with E-state index in [1.807, 2.05) is 9.80 Å². The van der Waals surface area contributed by atoms with Crippen LogP contribution in [0.3, 0.4) is 0 Å². The molecule has 0 spiro atoms. The average Bonchev–Trinajstić information content (AvgIpc) is 4.19. The number of nitrogens with one attached hydrogen (secondary N) is 3. The number of hydrogen-bond donors (Lipinski definition) is 6. The Labute approximate surface area is 417 Å². The molecule has 8 heterocycles. The molecule has 6 aromatic heterocycles. The van der Waals surface area contributed by atoms with Gasteiger partial charge in [0, 0.05) is 101 Å². The maximum absolute atomic E-state index is 13.1. The van der Waals surface area contributed by atoms with Crippen molar-refractivity contribution in [3.8, 4) is 34.5 Å². The van der Waals surface area contributed by atoms with Crippen molar-refractivity contribution >= 4 is 80.2 Å². The largest absolute Gasteiger partial charge is 0.573 e. The minimum Gasteiger partial charge on any atom is -0.480 e. The van der Waals surface area contributed by atoms with Gasteiger partial charge in [0.25, 0.3) is 0 Å². The van der Waals surface area contributed by atoms with Gasteiger partial charge in [-0.1, -0.05) is 23.2 Å². The van der Waals surface area contributed by atoms with Gasteiger partial charge in [-0.3, -0.25) is 9.59 Å². The molecule has 10 rings (SSSR count). The third kappa shape index (κ3) is 12.5. The first-order valence-corrected chi connectivity index (χ1v) is 22.3. The number of alkyl halides is 6. The zero-order valence-electron chi connectivity index (χ0n) is 37.6. The molecular formula is C42H40Cl2F6N18O5. The quantitative estimate of drug-likeness (QED) is 0.0956. The SMILES string of the molecule is FC(F)(F)Oc1cc(N2CCNCC2)ccc1Cl.Nc1ncnc2c1c(-c1ncc[nH]1)nn2CC(=O)N1CCN(c2ccc(Cl)c(OC(F)(F)F)c2)CC1.Nc1ncnc2c1c(-c1ncc[nH]1)nn2CC(=O)O. The van der Waals surface area contributed by atoms with Crippen LogP contribution < -0.4 is 36.1 Å². The van der Waals surface area contributed by atoms with Gasteiger partial charge in [-0.2, -0.15) is 10.2 Å². The first kappa shape index (κ1) is 51.2. The van der Waals surface area contributed by atoms with E-state index in [1.54, 1.807) is 41.8 Å². The topological polar surface area (TPSA) is 291 Å². The lowest BCUT2D eigenvalue weighted by atomic mass is 10.2. The molecular weight excluding hydrogens is 1020 g/mol. The van der Waals surface area contributed by atoms with Crippen molar-refractivity contribution in [3.63, 3.8) is 0 Å². The number of nitrogen functional groups attached to an aromatic ring is 2. The number of ether oxygens (including phenoxy) is 2. The number of carboxylic acid groups (broad SMARTS) is 1. The number of aromatic amines is 2. The maximum Gasteiger partial charge on any atom is 0.573 e. The Kier molecular flexibility index (Phi) is 15.2. The van der Waals surface area contributed by atoms with Crippen LogP contribution in [0.2, 0.25) is 10.0 Å². The number of carboxylic acids is 1. The van der Waals surface area contributed by atoms with Crippen LogP contribution in [-0.4, -0.2) is 146 Å². The van der Waals surface area contributed by atoms with Crippen LogP contribution in [0.1, 0.15) is 0 Å². The molecule has 384 valence electrons. The summed E-state index contributed by atoms with van der Waals surface area (Å²) in [6.45, 7) is 4.23. The van der Waals surface area contributed by atoms with E-state index < -0.39 is 24.4 Å². The van der Waals surface area contributed by atoms with Gasteiger partial charge < -0.3 is 56.0 Å². The fourth-order valence-corrected chi connectivity index (χ4v) is 7.99. The molecule has 0 radical (unpaired) electrons. The van der Waals surface area contributed by atoms with E-state index in [-0.39, 0.29) is 46.4 Å². The highest BCUT2D eigenvalue weighted by Crippen LogP contribution is 2.36. The highest BCUT2D eigenvalue weighted by molar-refractivity contribution is 6.32. The van der Waals surface area contributed by atoms with Crippen molar-refractivity contribution in [1.82, 2.24) is 69.6 Å². The molecule has 0 atom stereocenters. The van der Waals surface area contributed by atoms with E-state index >= 15 is 0 Å². The van der Waals surface area contributed by atoms with Gasteiger partial charge in [-0.25, -0.2) is 39.3 Å². The number of H-pyrrole nitrogens is 2. The van der Waals surface area contributed by atoms with Crippen molar-refractivity contribution in [2.24, 2.45) is 0 Å². The zero-order valence-corrected chi connectivity index (χ0v) is 39.1. The van der Waals surface area contributed by atoms with Gasteiger partial charge in [-0.15, -0.1) is 26.3 Å². The molecule has 0 unspecified atom stereocenters. The summed E-state index contributed by atoms with van der Waals surface area (Å²) in [5.74, 6) is -0.649. The van der Waals surface area contributed by atoms with Gasteiger partial charge in [0.05, 0.1) is 20.8 Å². The number of amides is 1. The summed E-state index contributed by atoms with van der Waals surface area (Å²) in [5, 5.41) is 21.5. The fourth-order valence-electron chi connectivity index (χ4n) is 7.68. The zero-order chi connectivity index (χ0) is 52.0. The molecule has 2 aromatic carbocycles. The van der Waals surface area contributed by atoms with E-state index in [0.717, 1.165) is 26.2 Å². The third-order valence-corrected chi connectivity index (χ3v) is 11.5. The highest BCUT2D eigenvalue weighted by Gasteiger charge is 2.34. The van der Waals surface area contributed by atoms with Crippen LogP contribution in [0.25, 0.3) is 45.1 Å². The lowest BCUT2D eigenvalue weighted by Gasteiger charge is -2.36. The summed E-state index contributed by atoms with van der Waals surface area (Å²) in [6.07, 6.45) is -0.595. The number of piperazine rings is 2. The molecule has 0 bridgehead atoms. The summed E-state index contributed by atoms with van der Waals surface area (Å²) in [4.78, 5) is 59.7. The van der Waals surface area contributed by atoms with E-state index in [9.17, 15) is 35.9 Å². The van der Waals surface area contributed by atoms with Gasteiger partial charge in [0.15, 0.2) is 22.9 Å². The molecule has 2 aliphatic heterocycles. The van der Waals surface area contributed by atoms with Crippen LogP contribution in [-0.2, 0) is 22.7 Å². The van der Waals surface area contributed by atoms with Gasteiger partial charge >= 0.3 is 18.7 Å². The lowest BCUT2D eigenvalue weighted by molar-refractivity contribution is -0.275. The summed E-state index contributed by atoms with van der Waals surface area (Å²) in [6, 6.07) is 8.63. The number of benzene rings is 2. The number of halogens is 8. The number of nitrogens with two attached hydrogens (primary N) is 2. The van der Waals surface area contributed by atoms with E-state index in [0.29, 0.717) is 82.7 Å². The van der Waals surface area contributed by atoms with E-state index in [1.165, 1.54) is 46.3 Å². The summed E-state index contributed by atoms with van der Waals surface area (Å²) in [7, 11) is 0. The smallest absolute Gasteiger partial charge is 0.480 e. The number of aromatic nitrogens is 12. The van der Waals surface area contributed by atoms with Crippen molar-refractivity contribution in [2.75, 3.05) is 73.6 Å². The Hall–Kier alpha value is -8.18. The highest BCUT2D eigenvalue weighted by atomic mass is 35.5. The fraction of sp³-hybridized carbons (Fsp3) is 0.286. The molecule has 23 nitrogen and oxygen atoms in total. The number of anilines is 4. The number of nitrogens with zero attached hydrogens (tertiary/aromatic N) is 13. The Balaban J connectivity index is 0.000000161. The van der Waals surface area contributed by atoms with Crippen molar-refractivity contribution in [3.05, 3.63) is 83.9 Å². The number of rotatable bonds is 10. The third-order valence-electron chi connectivity index (χ3n) is 10.9. The van der Waals surface area contributed by atoms with Gasteiger partial charge in [-0.05, 0) is 24.3 Å². The number of aliphatic carboxylic acids is 1. The molecule has 2 saturated heterocycles. The Morgan fingerprint density at radius 1 is 0.644 bits per heavy atom. The Morgan fingerprint density at radius 2 is 1.10 bits per heavy atom. The average molecular weight is 1060 g/mol. The molecule has 31 heteroatoms. The van der Waals surface area contributed by atoms with E-state index in [4.69, 9.17) is 39.8 Å². The number of imidazole rings is 2. The predicted molar refractivity (Wildman–Crippen MR) is 252 cm³/mol. The standard InChI is InChI=1S/C21H19ClF3N9O2.C11H12ClF3N2O.C10H9N7O2/c22-13-2-1-12(9-14(13)36-21(23,24)25)32-5-7-33(8-6-32)15(35)10-34-20-16(18(26)29-11-30-20)17(31-34)19-27-3-4-28-19;12-9-2-1-8(17-5-3-16-4-6-17)7-10(9)18-11(13,14)15;11-8-6-7(9-12-1-2-13-9)16-17(3-5(18)19)10(6)15-4-14-8/h1-4,9,11H,5-8,10H2,(H,27,28)(H2,26,29,30);1-2,7,16H,3-6H2;1-2,4H,3H2,(H,12,13)(H,18,19)(H2,11,14,15). The molecule has 0 aliphatic carbocycles. The molecule has 73 heavy (non-hydrogen) atoms. The second-order valence-corrected chi connectivity index (χ2v) is 16.4. The Morgan fingerprint density at radius 3 is 1.52 bits per heavy atom. The molecule has 2 aliphatic rings. The second kappa shape index (κ2) is 21.7. The molecule has 8 aromatic rings. The number of carbonyl (C=O) groups is 2. The van der Waals surface area contributed by atoms with Crippen LogP contribution in [0.4, 0.5) is 49.4 Å². The van der Waals surface area contributed by atoms with Crippen LogP contribution in [0.15, 0.2) is 73.8 Å². The molecule has 1 amide bonds. The minimum atomic E-state index is -4.85. The van der Waals surface area contributed by atoms with E-state index in [2.05, 4.69) is 64.9 Å². The molecule has 0 saturated carbocycles. The first-order valence-electron chi connectivity index (χ1n) is 21.6. The Bertz CT molecular complexity index is 3200. The van der Waals surface area contributed by atoms with Crippen molar-refractivity contribution < 1.29 is 50.5 Å². The van der Waals surface area contributed by atoms with Gasteiger partial charge in [0.2, 0.25) is 5.91 Å². The number of hydrogen-bond acceptors (Lipinski definition) is 17. The summed E-state index contributed by atoms with van der Waals surface area (Å²) < 4.78 is 85.1. The molecule has 2 fully saturated rings. The number of carbonyl (C=O) groups excluding carboxylic acids is 1. The van der Waals surface area contributed by atoms with Crippen molar-refractivity contribution in [1.29, 1.82) is 0 Å². The normalized spacial score (nSPS) is 14.1. The lowest BCUT2D eigenvalue weighted by Crippen LogP contribution is -2.49. The number of fused-ring (bicyclic) bond motifs is 2. The van der Waals surface area contributed by atoms with Crippen LogP contribution in [0, 0.1) is 0 Å². The maximum atomic E-state index is 13.1. The second-order valence-electron chi connectivity index (χ2n) is 15.6. The minimum absolute atomic E-state index is 0.0498. The summed E-state index contributed by atoms with van der Waals surface area (Å²) in [5.41, 5.74) is 14.7. The van der Waals surface area contributed by atoms with Crippen LogP contribution in [0.5, 0.6) is 11.5 Å². The summed E-state index contributed by atoms with van der Waals surface area (Å²) >= 11 is 11.5. The first-order chi connectivity index (χ1) is 34.8. The molecule has 8 N–H and O–H groups in total.